The van der Waals surface area contributed by atoms with Gasteiger partial charge in [0, 0.05) is 11.6 Å². The Balaban J connectivity index is 1.74. The molecular weight excluding hydrogens is 460 g/mol. The average molecular weight is 491 g/mol. The number of ether oxygens (including phenoxy) is 2. The summed E-state index contributed by atoms with van der Waals surface area (Å²) in [5.74, 6) is 0.157. The summed E-state index contributed by atoms with van der Waals surface area (Å²) in [6, 6.07) is 14.6. The van der Waals surface area contributed by atoms with Crippen molar-refractivity contribution >= 4 is 23.3 Å². The van der Waals surface area contributed by atoms with Crippen LogP contribution in [0.1, 0.15) is 56.0 Å². The molecule has 1 fully saturated rings. The highest BCUT2D eigenvalue weighted by Gasteiger charge is 2.48. The van der Waals surface area contributed by atoms with E-state index in [1.54, 1.807) is 61.5 Å². The van der Waals surface area contributed by atoms with Gasteiger partial charge in [0.15, 0.2) is 5.82 Å². The number of Topliss-reactive ketones (excluding diaryl/α,β-unsaturated/α-hetero) is 1. The quantitative estimate of drug-likeness (QED) is 0.171. The molecule has 0 spiro atoms. The third kappa shape index (κ3) is 5.12. The van der Waals surface area contributed by atoms with Gasteiger partial charge in [-0.2, -0.15) is 0 Å². The molecule has 0 unspecified atom stereocenters. The van der Waals surface area contributed by atoms with Gasteiger partial charge in [-0.05, 0) is 62.2 Å². The first kappa shape index (κ1) is 25.0. The molecule has 0 aliphatic carbocycles. The largest absolute Gasteiger partial charge is 0.507 e. The number of nitrogens with zero attached hydrogens (tertiary/aromatic N) is 2. The summed E-state index contributed by atoms with van der Waals surface area (Å²) in [7, 11) is 0. The van der Waals surface area contributed by atoms with Gasteiger partial charge in [0.05, 0.1) is 24.8 Å². The Morgan fingerprint density at radius 1 is 1.00 bits per heavy atom. The molecule has 1 aliphatic rings. The Bertz CT molecular complexity index is 1240. The number of ketones is 1. The highest BCUT2D eigenvalue weighted by Crippen LogP contribution is 2.42. The molecule has 2 heterocycles. The summed E-state index contributed by atoms with van der Waals surface area (Å²) in [6.07, 6.45) is 3.16. The second-order valence-corrected chi connectivity index (χ2v) is 8.55. The van der Waals surface area contributed by atoms with Gasteiger partial charge >= 0.3 is 5.91 Å². The summed E-state index contributed by atoms with van der Waals surface area (Å²) in [6.45, 7) is 6.83. The first-order valence-electron chi connectivity index (χ1n) is 12.1. The number of aliphatic hydroxyl groups is 1. The van der Waals surface area contributed by atoms with E-state index in [9.17, 15) is 14.7 Å². The van der Waals surface area contributed by atoms with Crippen molar-refractivity contribution in [2.24, 2.45) is 0 Å². The van der Waals surface area contributed by atoms with Crippen molar-refractivity contribution in [3.63, 3.8) is 0 Å². The van der Waals surface area contributed by atoms with Crippen LogP contribution in [-0.4, -0.2) is 35.2 Å². The van der Waals surface area contributed by atoms with Crippen LogP contribution < -0.4 is 14.4 Å². The Labute approximate surface area is 210 Å². The van der Waals surface area contributed by atoms with E-state index in [4.69, 9.17) is 14.0 Å². The number of rotatable bonds is 10. The fraction of sp³-hybridized carbons (Fsp3) is 0.321. The third-order valence-electron chi connectivity index (χ3n) is 5.96. The lowest BCUT2D eigenvalue weighted by atomic mass is 9.95. The average Bonchev–Trinajstić information content (AvgIpc) is 3.43. The van der Waals surface area contributed by atoms with E-state index in [2.05, 4.69) is 12.1 Å². The minimum Gasteiger partial charge on any atom is -0.507 e. The Morgan fingerprint density at radius 2 is 1.67 bits per heavy atom. The van der Waals surface area contributed by atoms with Crippen LogP contribution in [0.3, 0.4) is 0 Å². The molecule has 4 rings (SSSR count). The van der Waals surface area contributed by atoms with Crippen molar-refractivity contribution in [2.45, 2.75) is 46.1 Å². The first-order chi connectivity index (χ1) is 17.4. The number of anilines is 1. The fourth-order valence-corrected chi connectivity index (χ4v) is 4.17. The molecule has 2 aromatic carbocycles. The maximum atomic E-state index is 13.2. The normalized spacial score (nSPS) is 17.0. The third-order valence-corrected chi connectivity index (χ3v) is 5.96. The molecule has 188 valence electrons. The molecule has 1 N–H and O–H groups in total. The van der Waals surface area contributed by atoms with E-state index in [0.717, 1.165) is 19.3 Å². The van der Waals surface area contributed by atoms with Crippen LogP contribution in [0.2, 0.25) is 0 Å². The van der Waals surface area contributed by atoms with E-state index >= 15 is 0 Å². The topological polar surface area (TPSA) is 102 Å². The molecule has 1 saturated heterocycles. The Morgan fingerprint density at radius 3 is 2.28 bits per heavy atom. The van der Waals surface area contributed by atoms with Gasteiger partial charge in [-0.25, -0.2) is 0 Å². The minimum atomic E-state index is -0.893. The number of aryl methyl sites for hydroxylation is 1. The van der Waals surface area contributed by atoms with Crippen molar-refractivity contribution in [2.75, 3.05) is 18.1 Å². The summed E-state index contributed by atoms with van der Waals surface area (Å²) < 4.78 is 16.5. The van der Waals surface area contributed by atoms with Crippen molar-refractivity contribution < 1.29 is 28.7 Å². The molecule has 3 aromatic rings. The maximum absolute atomic E-state index is 13.2. The number of aromatic nitrogens is 1. The van der Waals surface area contributed by atoms with Crippen LogP contribution in [-0.2, 0) is 9.59 Å². The lowest BCUT2D eigenvalue weighted by Gasteiger charge is -2.23. The molecule has 8 heteroatoms. The zero-order valence-corrected chi connectivity index (χ0v) is 20.7. The monoisotopic (exact) mass is 490 g/mol. The molecule has 0 saturated carbocycles. The number of hydrogen-bond acceptors (Lipinski definition) is 7. The van der Waals surface area contributed by atoms with E-state index in [1.165, 1.54) is 4.90 Å². The van der Waals surface area contributed by atoms with Gasteiger partial charge in [0.2, 0.25) is 0 Å². The molecule has 1 aromatic heterocycles. The van der Waals surface area contributed by atoms with Gasteiger partial charge in [-0.1, -0.05) is 37.1 Å². The zero-order chi connectivity index (χ0) is 25.7. The minimum absolute atomic E-state index is 0.0265. The van der Waals surface area contributed by atoms with Gasteiger partial charge in [-0.3, -0.25) is 14.5 Å². The molecule has 1 amide bonds. The molecule has 8 nitrogen and oxygen atoms in total. The number of aliphatic hydroxyl groups excluding tert-OH is 1. The molecule has 1 aliphatic heterocycles. The summed E-state index contributed by atoms with van der Waals surface area (Å²) in [4.78, 5) is 27.6. The molecule has 36 heavy (non-hydrogen) atoms. The van der Waals surface area contributed by atoms with Crippen molar-refractivity contribution in [1.29, 1.82) is 0 Å². The molecule has 0 radical (unpaired) electrons. The van der Waals surface area contributed by atoms with E-state index in [-0.39, 0.29) is 17.2 Å². The van der Waals surface area contributed by atoms with Crippen LogP contribution >= 0.6 is 0 Å². The van der Waals surface area contributed by atoms with E-state index in [1.807, 2.05) is 6.92 Å². The van der Waals surface area contributed by atoms with E-state index in [0.29, 0.717) is 41.6 Å². The second kappa shape index (κ2) is 11.1. The smallest absolute Gasteiger partial charge is 0.301 e. The lowest BCUT2D eigenvalue weighted by Crippen LogP contribution is -2.29. The predicted octanol–water partition coefficient (Wildman–Crippen LogP) is 5.58. The summed E-state index contributed by atoms with van der Waals surface area (Å²) in [5, 5.41) is 15.2. The van der Waals surface area contributed by atoms with Crippen LogP contribution in [0.4, 0.5) is 5.82 Å². The number of carbonyl (C=O) groups excluding carboxylic acids is 2. The van der Waals surface area contributed by atoms with Gasteiger partial charge in [0.1, 0.15) is 23.0 Å². The Hall–Kier alpha value is -4.07. The maximum Gasteiger partial charge on any atom is 0.301 e. The van der Waals surface area contributed by atoms with Crippen LogP contribution in [0.5, 0.6) is 11.5 Å². The summed E-state index contributed by atoms with van der Waals surface area (Å²) >= 11 is 0. The van der Waals surface area contributed by atoms with Crippen LogP contribution in [0, 0.1) is 6.92 Å². The SMILES string of the molecule is CCCCCOc1ccc([C@H]2/C(=C(\O)c3ccc(OCC)cc3)C(=O)C(=O)N2c2cc(C)on2)cc1. The van der Waals surface area contributed by atoms with Crippen LogP contribution in [0.15, 0.2) is 64.7 Å². The molecule has 1 atom stereocenters. The molecule has 0 bridgehead atoms. The standard InChI is InChI=1S/C28H30N2O6/c1-4-6-7-16-35-22-12-8-19(9-13-22)25-24(26(31)20-10-14-21(15-11-20)34-5-2)27(32)28(33)30(25)23-17-18(3)36-29-23/h8-15,17,25,31H,4-7,16H2,1-3H3/b26-24+/t25-/m0/s1. The highest BCUT2D eigenvalue weighted by atomic mass is 16.5. The number of unbranched alkanes of at least 4 members (excludes halogenated alkanes) is 2. The van der Waals surface area contributed by atoms with Crippen LogP contribution in [0.25, 0.3) is 5.76 Å². The highest BCUT2D eigenvalue weighted by molar-refractivity contribution is 6.51. The number of amides is 1. The van der Waals surface area contributed by atoms with Gasteiger partial charge < -0.3 is 19.1 Å². The van der Waals surface area contributed by atoms with Crippen molar-refractivity contribution in [1.82, 2.24) is 5.16 Å². The van der Waals surface area contributed by atoms with Crippen molar-refractivity contribution in [3.05, 3.63) is 77.1 Å². The Kier molecular flexibility index (Phi) is 7.73. The van der Waals surface area contributed by atoms with E-state index < -0.39 is 17.7 Å². The van der Waals surface area contributed by atoms with Gasteiger partial charge in [0.25, 0.3) is 5.78 Å². The zero-order valence-electron chi connectivity index (χ0n) is 20.7. The summed E-state index contributed by atoms with van der Waals surface area (Å²) in [5.41, 5.74) is 0.998. The van der Waals surface area contributed by atoms with Gasteiger partial charge in [-0.15, -0.1) is 0 Å². The fourth-order valence-electron chi connectivity index (χ4n) is 4.17. The first-order valence-corrected chi connectivity index (χ1v) is 12.1. The van der Waals surface area contributed by atoms with Crippen molar-refractivity contribution in [3.8, 4) is 11.5 Å². The number of benzene rings is 2. The molecular formula is C28H30N2O6. The number of carbonyl (C=O) groups is 2. The second-order valence-electron chi connectivity index (χ2n) is 8.55. The lowest BCUT2D eigenvalue weighted by molar-refractivity contribution is -0.132. The number of hydrogen-bond donors (Lipinski definition) is 1. The predicted molar refractivity (Wildman–Crippen MR) is 135 cm³/mol.